The number of ether oxygens (including phenoxy) is 1. The third kappa shape index (κ3) is 6.02. The fraction of sp³-hybridized carbons (Fsp3) is 0.164. The van der Waals surface area contributed by atoms with Crippen molar-refractivity contribution in [2.45, 2.75) is 57.5 Å². The highest BCUT2D eigenvalue weighted by atomic mass is 16.5. The summed E-state index contributed by atoms with van der Waals surface area (Å²) >= 11 is 0. The quantitative estimate of drug-likeness (QED) is 0.140. The average Bonchev–Trinajstić information content (AvgIpc) is 3.46. The van der Waals surface area contributed by atoms with E-state index in [1.165, 1.54) is 49.7 Å². The Labute approximate surface area is 349 Å². The molecule has 6 aromatic carbocycles. The molecule has 5 aliphatic rings. The molecule has 7 aromatic rings. The lowest BCUT2D eigenvalue weighted by molar-refractivity contribution is 0.381. The van der Waals surface area contributed by atoms with Gasteiger partial charge in [-0.3, -0.25) is 0 Å². The monoisotopic (exact) mass is 775 g/mol. The van der Waals surface area contributed by atoms with Gasteiger partial charge in [0.25, 0.3) is 0 Å². The van der Waals surface area contributed by atoms with Crippen LogP contribution in [0.1, 0.15) is 66.3 Å². The molecule has 288 valence electrons. The molecule has 0 spiro atoms. The SMILES string of the molecule is C1#CCC(C2N=C(c3ccc4c(c3)OC3=C(C=CCC3)C4)N=C(c3cccc(-c4cccc5oc6ccc(-c7cc8c(c9ccccc79)CCC=C8)cc6c45)c3)N2)=CCC1. The molecule has 1 unspecified atom stereocenters. The highest BCUT2D eigenvalue weighted by molar-refractivity contribution is 6.16. The summed E-state index contributed by atoms with van der Waals surface area (Å²) in [6.07, 6.45) is 18.5. The van der Waals surface area contributed by atoms with E-state index in [0.29, 0.717) is 12.3 Å². The first-order valence-electron chi connectivity index (χ1n) is 21.3. The van der Waals surface area contributed by atoms with Gasteiger partial charge in [0.05, 0.1) is 0 Å². The Morgan fingerprint density at radius 1 is 0.667 bits per heavy atom. The molecule has 12 rings (SSSR count). The molecule has 1 atom stereocenters. The lowest BCUT2D eigenvalue weighted by Gasteiger charge is -2.26. The van der Waals surface area contributed by atoms with Gasteiger partial charge in [0.15, 0.2) is 5.84 Å². The molecule has 1 N–H and O–H groups in total. The zero-order valence-corrected chi connectivity index (χ0v) is 33.2. The average molecular weight is 776 g/mol. The van der Waals surface area contributed by atoms with Gasteiger partial charge in [0, 0.05) is 47.6 Å². The summed E-state index contributed by atoms with van der Waals surface area (Å²) in [5.74, 6) is 10.1. The van der Waals surface area contributed by atoms with Crippen LogP contribution in [0.2, 0.25) is 0 Å². The van der Waals surface area contributed by atoms with Crippen LogP contribution in [0, 0.1) is 11.8 Å². The molecular weight excluding hydrogens is 735 g/mol. The Bertz CT molecular complexity index is 3230. The normalized spacial score (nSPS) is 18.0. The largest absolute Gasteiger partial charge is 0.461 e. The number of nitrogens with one attached hydrogen (secondary N) is 1. The van der Waals surface area contributed by atoms with Gasteiger partial charge in [-0.1, -0.05) is 109 Å². The Kier molecular flexibility index (Phi) is 8.30. The molecule has 3 heterocycles. The summed E-state index contributed by atoms with van der Waals surface area (Å²) in [4.78, 5) is 10.5. The van der Waals surface area contributed by atoms with Gasteiger partial charge in [-0.25, -0.2) is 9.98 Å². The van der Waals surface area contributed by atoms with Crippen molar-refractivity contribution in [1.29, 1.82) is 0 Å². The first-order chi connectivity index (χ1) is 29.7. The number of benzene rings is 6. The Balaban J connectivity index is 0.951. The van der Waals surface area contributed by atoms with Crippen molar-refractivity contribution in [2.24, 2.45) is 9.98 Å². The first-order valence-corrected chi connectivity index (χ1v) is 21.3. The van der Waals surface area contributed by atoms with E-state index in [1.54, 1.807) is 0 Å². The zero-order chi connectivity index (χ0) is 39.6. The highest BCUT2D eigenvalue weighted by Crippen LogP contribution is 2.42. The molecule has 60 heavy (non-hydrogen) atoms. The van der Waals surface area contributed by atoms with Crippen molar-refractivity contribution in [1.82, 2.24) is 5.32 Å². The summed E-state index contributed by atoms with van der Waals surface area (Å²) in [7, 11) is 0. The van der Waals surface area contributed by atoms with E-state index in [-0.39, 0.29) is 6.17 Å². The van der Waals surface area contributed by atoms with Crippen LogP contribution in [0.3, 0.4) is 0 Å². The molecule has 0 saturated heterocycles. The topological polar surface area (TPSA) is 59.1 Å². The van der Waals surface area contributed by atoms with Gasteiger partial charge in [-0.2, -0.15) is 0 Å². The molecule has 0 fully saturated rings. The van der Waals surface area contributed by atoms with Crippen molar-refractivity contribution in [3.8, 4) is 39.8 Å². The zero-order valence-electron chi connectivity index (χ0n) is 33.2. The van der Waals surface area contributed by atoms with Gasteiger partial charge < -0.3 is 14.5 Å². The minimum absolute atomic E-state index is 0.284. The Hall–Kier alpha value is -7.16. The second-order valence-electron chi connectivity index (χ2n) is 16.3. The molecular formula is C55H41N3O2. The van der Waals surface area contributed by atoms with Crippen LogP contribution >= 0.6 is 0 Å². The number of allylic oxidation sites excluding steroid dienone is 6. The number of amidine groups is 2. The predicted molar refractivity (Wildman–Crippen MR) is 245 cm³/mol. The van der Waals surface area contributed by atoms with Crippen molar-refractivity contribution >= 4 is 50.5 Å². The van der Waals surface area contributed by atoms with E-state index in [1.807, 2.05) is 0 Å². The molecule has 0 saturated carbocycles. The summed E-state index contributed by atoms with van der Waals surface area (Å²) < 4.78 is 13.1. The smallest absolute Gasteiger partial charge is 0.159 e. The van der Waals surface area contributed by atoms with E-state index >= 15 is 0 Å². The van der Waals surface area contributed by atoms with Gasteiger partial charge in [-0.05, 0) is 123 Å². The Morgan fingerprint density at radius 3 is 2.52 bits per heavy atom. The van der Waals surface area contributed by atoms with Crippen LogP contribution in [0.5, 0.6) is 5.75 Å². The number of rotatable bonds is 5. The summed E-state index contributed by atoms with van der Waals surface area (Å²) in [6.45, 7) is 0. The van der Waals surface area contributed by atoms with E-state index in [2.05, 4.69) is 157 Å². The van der Waals surface area contributed by atoms with Crippen molar-refractivity contribution < 1.29 is 9.15 Å². The highest BCUT2D eigenvalue weighted by Gasteiger charge is 2.26. The van der Waals surface area contributed by atoms with Crippen LogP contribution in [-0.4, -0.2) is 17.8 Å². The van der Waals surface area contributed by atoms with Gasteiger partial charge in [-0.15, -0.1) is 5.92 Å². The van der Waals surface area contributed by atoms with Crippen LogP contribution in [0.4, 0.5) is 0 Å². The maximum Gasteiger partial charge on any atom is 0.159 e. The predicted octanol–water partition coefficient (Wildman–Crippen LogP) is 12.8. The minimum Gasteiger partial charge on any atom is -0.461 e. The lowest BCUT2D eigenvalue weighted by Crippen LogP contribution is -2.40. The molecule has 5 heteroatoms. The van der Waals surface area contributed by atoms with Crippen LogP contribution in [0.15, 0.2) is 165 Å². The van der Waals surface area contributed by atoms with Crippen LogP contribution in [0.25, 0.3) is 61.0 Å². The van der Waals surface area contributed by atoms with E-state index in [4.69, 9.17) is 19.1 Å². The van der Waals surface area contributed by atoms with Crippen LogP contribution in [-0.2, 0) is 12.8 Å². The van der Waals surface area contributed by atoms with Gasteiger partial charge in [0.1, 0.15) is 34.7 Å². The van der Waals surface area contributed by atoms with E-state index in [9.17, 15) is 0 Å². The van der Waals surface area contributed by atoms with Crippen molar-refractivity contribution in [3.05, 3.63) is 178 Å². The summed E-state index contributed by atoms with van der Waals surface area (Å²) in [5.41, 5.74) is 14.7. The molecule has 0 radical (unpaired) electrons. The maximum absolute atomic E-state index is 6.56. The number of furan rings is 1. The number of hydrogen-bond donors (Lipinski definition) is 1. The third-order valence-electron chi connectivity index (χ3n) is 12.6. The molecule has 1 aromatic heterocycles. The second kappa shape index (κ2) is 14.3. The number of aliphatic imine (C=N–C) groups is 2. The second-order valence-corrected chi connectivity index (χ2v) is 16.3. The fourth-order valence-electron chi connectivity index (χ4n) is 9.65. The molecule has 0 bridgehead atoms. The van der Waals surface area contributed by atoms with E-state index < -0.39 is 0 Å². The van der Waals surface area contributed by atoms with Crippen molar-refractivity contribution in [2.75, 3.05) is 0 Å². The third-order valence-corrected chi connectivity index (χ3v) is 12.6. The van der Waals surface area contributed by atoms with Crippen LogP contribution < -0.4 is 10.1 Å². The number of nitrogens with zero attached hydrogens (tertiary/aromatic N) is 2. The molecule has 0 amide bonds. The standard InChI is InChI=1S/C55H41N3O2/c1-2-4-14-34(13-3-1)53-56-54(58-55(57-53)41-26-25-39-30-38-16-6-10-23-48(38)59-51(39)33-41)40-18-11-17-35(29-40)43-22-12-24-50-52(43)47-32-37(27-28-49(47)60-50)46-31-36-15-5-7-19-42(36)44-20-8-9-21-45(44)46/h5-6,8-9,11-13,15-18,20-22,24-29,31-33,53H,1,3,7,10,14,19,23,30H2,(H,56,57,58). The first kappa shape index (κ1) is 34.8. The maximum atomic E-state index is 6.56. The molecule has 5 nitrogen and oxygen atoms in total. The summed E-state index contributed by atoms with van der Waals surface area (Å²) in [6, 6.07) is 39.4. The number of hydrogen-bond acceptors (Lipinski definition) is 5. The number of aryl methyl sites for hydroxylation is 1. The molecule has 3 aliphatic carbocycles. The minimum atomic E-state index is -0.284. The van der Waals surface area contributed by atoms with Crippen molar-refractivity contribution in [3.63, 3.8) is 0 Å². The van der Waals surface area contributed by atoms with Gasteiger partial charge >= 0.3 is 0 Å². The van der Waals surface area contributed by atoms with Gasteiger partial charge in [0.2, 0.25) is 0 Å². The summed E-state index contributed by atoms with van der Waals surface area (Å²) in [5, 5.41) is 8.57. The molecule has 2 aliphatic heterocycles. The lowest BCUT2D eigenvalue weighted by atomic mass is 9.87. The number of fused-ring (bicyclic) bond motifs is 7. The van der Waals surface area contributed by atoms with E-state index in [0.717, 1.165) is 106 Å². The fourth-order valence-corrected chi connectivity index (χ4v) is 9.65. The Morgan fingerprint density at radius 2 is 1.53 bits per heavy atom.